The molecule has 0 amide bonds. The Morgan fingerprint density at radius 2 is 2.05 bits per heavy atom. The molecule has 3 nitrogen and oxygen atoms in total. The van der Waals surface area contributed by atoms with Crippen molar-refractivity contribution in [3.05, 3.63) is 51.9 Å². The summed E-state index contributed by atoms with van der Waals surface area (Å²) in [5.74, 6) is 2.52. The zero-order chi connectivity index (χ0) is 14.7. The summed E-state index contributed by atoms with van der Waals surface area (Å²) in [5.41, 5.74) is 2.43. The van der Waals surface area contributed by atoms with Crippen LogP contribution >= 0.6 is 15.9 Å². The Labute approximate surface area is 134 Å². The van der Waals surface area contributed by atoms with Crippen LogP contribution in [0.5, 0.6) is 0 Å². The van der Waals surface area contributed by atoms with Crippen molar-refractivity contribution in [2.75, 3.05) is 11.9 Å². The van der Waals surface area contributed by atoms with E-state index in [-0.39, 0.29) is 0 Å². The fourth-order valence-electron chi connectivity index (χ4n) is 2.34. The van der Waals surface area contributed by atoms with Crippen molar-refractivity contribution < 1.29 is 0 Å². The molecule has 1 heterocycles. The van der Waals surface area contributed by atoms with E-state index in [0.29, 0.717) is 5.92 Å². The summed E-state index contributed by atoms with van der Waals surface area (Å²) in [6, 6.07) is 10.4. The molecule has 0 atom stereocenters. The molecule has 1 aliphatic rings. The van der Waals surface area contributed by atoms with E-state index in [4.69, 9.17) is 4.98 Å². The molecule has 1 aromatic carbocycles. The lowest BCUT2D eigenvalue weighted by molar-refractivity contribution is 0.886. The van der Waals surface area contributed by atoms with Crippen LogP contribution in [0.2, 0.25) is 0 Å². The van der Waals surface area contributed by atoms with Crippen molar-refractivity contribution in [2.45, 2.75) is 38.5 Å². The minimum absolute atomic E-state index is 0.646. The third-order valence-electron chi connectivity index (χ3n) is 3.65. The molecule has 0 saturated heterocycles. The molecule has 2 aromatic rings. The smallest absolute Gasteiger partial charge is 0.135 e. The van der Waals surface area contributed by atoms with Gasteiger partial charge in [-0.15, -0.1) is 0 Å². The van der Waals surface area contributed by atoms with E-state index in [1.165, 1.54) is 24.1 Å². The first-order chi connectivity index (χ1) is 10.3. The maximum atomic E-state index is 4.77. The summed E-state index contributed by atoms with van der Waals surface area (Å²) in [5, 5.41) is 3.40. The molecule has 1 aliphatic carbocycles. The minimum atomic E-state index is 0.646. The number of anilines is 1. The lowest BCUT2D eigenvalue weighted by Gasteiger charge is -2.10. The first-order valence-electron chi connectivity index (χ1n) is 7.61. The van der Waals surface area contributed by atoms with E-state index in [0.717, 1.165) is 35.5 Å². The Hall–Kier alpha value is -1.42. The van der Waals surface area contributed by atoms with Crippen molar-refractivity contribution in [1.82, 2.24) is 9.97 Å². The van der Waals surface area contributed by atoms with Crippen molar-refractivity contribution >= 4 is 21.7 Å². The highest BCUT2D eigenvalue weighted by atomic mass is 79.9. The lowest BCUT2D eigenvalue weighted by Crippen LogP contribution is -2.07. The van der Waals surface area contributed by atoms with Gasteiger partial charge in [0, 0.05) is 35.1 Å². The van der Waals surface area contributed by atoms with E-state index < -0.39 is 0 Å². The molecule has 1 fully saturated rings. The van der Waals surface area contributed by atoms with Crippen LogP contribution in [0.15, 0.2) is 34.8 Å². The second-order valence-corrected chi connectivity index (χ2v) is 6.42. The first-order valence-corrected chi connectivity index (χ1v) is 8.40. The van der Waals surface area contributed by atoms with Crippen molar-refractivity contribution in [3.8, 4) is 0 Å². The summed E-state index contributed by atoms with van der Waals surface area (Å²) in [6.45, 7) is 3.12. The second-order valence-electron chi connectivity index (χ2n) is 5.56. The topological polar surface area (TPSA) is 37.8 Å². The third-order valence-corrected chi connectivity index (χ3v) is 4.42. The van der Waals surface area contributed by atoms with Crippen molar-refractivity contribution in [2.24, 2.45) is 0 Å². The molecule has 0 radical (unpaired) electrons. The molecule has 3 rings (SSSR count). The second kappa shape index (κ2) is 6.56. The number of hydrogen-bond donors (Lipinski definition) is 1. The SMILES string of the molecule is CCCNc1cc(C2CC2)nc(Cc2ccccc2Br)n1. The Kier molecular flexibility index (Phi) is 4.54. The Bertz CT molecular complexity index is 623. The average molecular weight is 346 g/mol. The molecule has 0 unspecified atom stereocenters. The van der Waals surface area contributed by atoms with E-state index in [1.54, 1.807) is 0 Å². The van der Waals surface area contributed by atoms with Gasteiger partial charge in [0.25, 0.3) is 0 Å². The summed E-state index contributed by atoms with van der Waals surface area (Å²) in [7, 11) is 0. The highest BCUT2D eigenvalue weighted by Crippen LogP contribution is 2.39. The van der Waals surface area contributed by atoms with Crippen LogP contribution in [0.4, 0.5) is 5.82 Å². The quantitative estimate of drug-likeness (QED) is 0.835. The summed E-state index contributed by atoms with van der Waals surface area (Å²) in [4.78, 5) is 9.44. The third kappa shape index (κ3) is 3.82. The highest BCUT2D eigenvalue weighted by molar-refractivity contribution is 9.10. The summed E-state index contributed by atoms with van der Waals surface area (Å²) < 4.78 is 1.12. The standard InChI is InChI=1S/C17H20BrN3/c1-2-9-19-16-11-15(12-7-8-12)20-17(21-16)10-13-5-3-4-6-14(13)18/h3-6,11-12H,2,7-10H2,1H3,(H,19,20,21). The summed E-state index contributed by atoms with van der Waals surface area (Å²) in [6.07, 6.45) is 4.39. The number of rotatable bonds is 6. The molecule has 1 N–H and O–H groups in total. The number of aromatic nitrogens is 2. The van der Waals surface area contributed by atoms with Crippen LogP contribution in [0.3, 0.4) is 0 Å². The maximum absolute atomic E-state index is 4.77. The van der Waals surface area contributed by atoms with E-state index in [2.05, 4.69) is 57.4 Å². The molecule has 0 bridgehead atoms. The minimum Gasteiger partial charge on any atom is -0.370 e. The largest absolute Gasteiger partial charge is 0.370 e. The van der Waals surface area contributed by atoms with Gasteiger partial charge in [-0.1, -0.05) is 41.1 Å². The molecule has 21 heavy (non-hydrogen) atoms. The fraction of sp³-hybridized carbons (Fsp3) is 0.412. The predicted octanol–water partition coefficient (Wildman–Crippen LogP) is 4.53. The average Bonchev–Trinajstić information content (AvgIpc) is 3.32. The zero-order valence-electron chi connectivity index (χ0n) is 12.3. The van der Waals surface area contributed by atoms with Gasteiger partial charge < -0.3 is 5.32 Å². The van der Waals surface area contributed by atoms with Crippen molar-refractivity contribution in [3.63, 3.8) is 0 Å². The van der Waals surface area contributed by atoms with Gasteiger partial charge in [0.1, 0.15) is 11.6 Å². The fourth-order valence-corrected chi connectivity index (χ4v) is 2.77. The van der Waals surface area contributed by atoms with E-state index in [9.17, 15) is 0 Å². The van der Waals surface area contributed by atoms with Gasteiger partial charge in [0.05, 0.1) is 0 Å². The van der Waals surface area contributed by atoms with Crippen molar-refractivity contribution in [1.29, 1.82) is 0 Å². The van der Waals surface area contributed by atoms with E-state index >= 15 is 0 Å². The molecular formula is C17H20BrN3. The van der Waals surface area contributed by atoms with Crippen LogP contribution in [-0.4, -0.2) is 16.5 Å². The normalized spacial score (nSPS) is 14.2. The van der Waals surface area contributed by atoms with Gasteiger partial charge in [-0.25, -0.2) is 9.97 Å². The van der Waals surface area contributed by atoms with Gasteiger partial charge in [0.15, 0.2) is 0 Å². The Morgan fingerprint density at radius 3 is 2.76 bits per heavy atom. The molecule has 4 heteroatoms. The molecule has 1 saturated carbocycles. The Morgan fingerprint density at radius 1 is 1.24 bits per heavy atom. The summed E-state index contributed by atoms with van der Waals surface area (Å²) >= 11 is 3.60. The molecule has 0 spiro atoms. The van der Waals surface area contributed by atoms with Gasteiger partial charge >= 0.3 is 0 Å². The number of halogens is 1. The number of benzene rings is 1. The molecular weight excluding hydrogens is 326 g/mol. The predicted molar refractivity (Wildman–Crippen MR) is 89.7 cm³/mol. The van der Waals surface area contributed by atoms with Crippen LogP contribution in [-0.2, 0) is 6.42 Å². The van der Waals surface area contributed by atoms with Crippen LogP contribution < -0.4 is 5.32 Å². The number of nitrogens with one attached hydrogen (secondary N) is 1. The van der Waals surface area contributed by atoms with Gasteiger partial charge in [-0.3, -0.25) is 0 Å². The first kappa shape index (κ1) is 14.5. The molecule has 0 aliphatic heterocycles. The highest BCUT2D eigenvalue weighted by Gasteiger charge is 2.26. The number of nitrogens with zero attached hydrogens (tertiary/aromatic N) is 2. The number of hydrogen-bond acceptors (Lipinski definition) is 3. The monoisotopic (exact) mass is 345 g/mol. The molecule has 1 aromatic heterocycles. The van der Waals surface area contributed by atoms with Crippen LogP contribution in [0.1, 0.15) is 49.2 Å². The maximum Gasteiger partial charge on any atom is 0.135 e. The van der Waals surface area contributed by atoms with Crippen LogP contribution in [0, 0.1) is 0 Å². The lowest BCUT2D eigenvalue weighted by atomic mass is 10.1. The zero-order valence-corrected chi connectivity index (χ0v) is 13.9. The van der Waals surface area contributed by atoms with Gasteiger partial charge in [0.2, 0.25) is 0 Å². The van der Waals surface area contributed by atoms with Gasteiger partial charge in [-0.05, 0) is 30.9 Å². The van der Waals surface area contributed by atoms with Gasteiger partial charge in [-0.2, -0.15) is 0 Å². The Balaban J connectivity index is 1.86. The van der Waals surface area contributed by atoms with E-state index in [1.807, 2.05) is 6.07 Å². The molecule has 110 valence electrons. The van der Waals surface area contributed by atoms with Crippen LogP contribution in [0.25, 0.3) is 0 Å².